The van der Waals surface area contributed by atoms with Crippen LogP contribution in [0.3, 0.4) is 0 Å². The fraction of sp³-hybridized carbons (Fsp3) is 1.00. The molecular weight excluding hydrogens is 174 g/mol. The van der Waals surface area contributed by atoms with E-state index >= 15 is 0 Å². The molecule has 0 spiro atoms. The highest BCUT2D eigenvalue weighted by molar-refractivity contribution is 4.98. The Hall–Kier alpha value is -0.0800. The van der Waals surface area contributed by atoms with Gasteiger partial charge in [0.25, 0.3) is 0 Å². The summed E-state index contributed by atoms with van der Waals surface area (Å²) in [6, 6.07) is 0. The van der Waals surface area contributed by atoms with E-state index < -0.39 is 0 Å². The minimum absolute atomic E-state index is 0.226. The first kappa shape index (κ1) is 12.0. The fourth-order valence-electron chi connectivity index (χ4n) is 3.27. The highest BCUT2D eigenvalue weighted by atomic mass is 16.2. The van der Waals surface area contributed by atoms with Gasteiger partial charge < -0.3 is 10.4 Å². The highest BCUT2D eigenvalue weighted by Gasteiger charge is 2.38. The summed E-state index contributed by atoms with van der Waals surface area (Å²) in [4.78, 5) is 0. The molecule has 1 fully saturated rings. The van der Waals surface area contributed by atoms with Crippen LogP contribution in [-0.4, -0.2) is 22.8 Å². The second-order valence-corrected chi connectivity index (χ2v) is 5.91. The number of hydrogen-bond acceptors (Lipinski definition) is 2. The third-order valence-electron chi connectivity index (χ3n) is 3.18. The lowest BCUT2D eigenvalue weighted by Gasteiger charge is -2.47. The number of piperidine rings is 1. The van der Waals surface area contributed by atoms with Gasteiger partial charge >= 0.3 is 0 Å². The lowest BCUT2D eigenvalue weighted by Crippen LogP contribution is -2.58. The molecular formula is C12H25NO. The summed E-state index contributed by atoms with van der Waals surface area (Å²) in [6.07, 6.45) is 4.47. The van der Waals surface area contributed by atoms with Crippen molar-refractivity contribution >= 4 is 0 Å². The first-order chi connectivity index (χ1) is 6.37. The zero-order chi connectivity index (χ0) is 10.8. The lowest BCUT2D eigenvalue weighted by molar-refractivity contribution is 0.109. The quantitative estimate of drug-likeness (QED) is 0.731. The van der Waals surface area contributed by atoms with Crippen molar-refractivity contribution in [2.24, 2.45) is 5.92 Å². The van der Waals surface area contributed by atoms with Crippen molar-refractivity contribution in [3.63, 3.8) is 0 Å². The molecule has 84 valence electrons. The van der Waals surface area contributed by atoms with Crippen molar-refractivity contribution < 1.29 is 5.11 Å². The van der Waals surface area contributed by atoms with Gasteiger partial charge in [-0.15, -0.1) is 0 Å². The van der Waals surface area contributed by atoms with Crippen LogP contribution in [0.1, 0.15) is 53.4 Å². The maximum Gasteiger partial charge on any atom is 0.0431 e. The number of nitrogens with one attached hydrogen (secondary N) is 1. The topological polar surface area (TPSA) is 32.3 Å². The molecule has 1 aliphatic rings. The van der Waals surface area contributed by atoms with Crippen LogP contribution in [0, 0.1) is 5.92 Å². The van der Waals surface area contributed by atoms with Gasteiger partial charge in [0.1, 0.15) is 0 Å². The Morgan fingerprint density at radius 3 is 2.43 bits per heavy atom. The van der Waals surface area contributed by atoms with E-state index in [1.807, 2.05) is 0 Å². The van der Waals surface area contributed by atoms with Crippen LogP contribution in [0.15, 0.2) is 0 Å². The summed E-state index contributed by atoms with van der Waals surface area (Å²) in [5.41, 5.74) is 0.478. The van der Waals surface area contributed by atoms with E-state index in [0.717, 1.165) is 18.8 Å². The molecule has 2 N–H and O–H groups in total. The molecule has 1 heterocycles. The second-order valence-electron chi connectivity index (χ2n) is 5.91. The molecule has 2 unspecified atom stereocenters. The zero-order valence-corrected chi connectivity index (χ0v) is 10.1. The molecule has 2 atom stereocenters. The first-order valence-electron chi connectivity index (χ1n) is 5.77. The number of rotatable bonds is 3. The molecule has 1 rings (SSSR count). The van der Waals surface area contributed by atoms with E-state index in [1.54, 1.807) is 0 Å². The normalized spacial score (nSPS) is 37.1. The zero-order valence-electron chi connectivity index (χ0n) is 10.1. The van der Waals surface area contributed by atoms with Gasteiger partial charge in [-0.2, -0.15) is 0 Å². The standard InChI is InChI=1S/C12H25NO/c1-10-8-11(2,3)13-12(4,9-10)6-5-7-14/h10,13-14H,5-9H2,1-4H3. The number of hydrogen-bond donors (Lipinski definition) is 2. The van der Waals surface area contributed by atoms with E-state index in [2.05, 4.69) is 33.0 Å². The lowest BCUT2D eigenvalue weighted by atomic mass is 9.74. The molecule has 0 bridgehead atoms. The molecule has 0 radical (unpaired) electrons. The maximum atomic E-state index is 8.88. The van der Waals surface area contributed by atoms with Crippen molar-refractivity contribution in [1.82, 2.24) is 5.32 Å². The molecule has 0 aliphatic carbocycles. The average molecular weight is 199 g/mol. The van der Waals surface area contributed by atoms with Gasteiger partial charge in [0.2, 0.25) is 0 Å². The molecule has 0 aromatic rings. The summed E-state index contributed by atoms with van der Waals surface area (Å²) in [7, 11) is 0. The fourth-order valence-corrected chi connectivity index (χ4v) is 3.27. The smallest absolute Gasteiger partial charge is 0.0431 e. The van der Waals surface area contributed by atoms with Gasteiger partial charge in [-0.3, -0.25) is 0 Å². The maximum absolute atomic E-state index is 8.88. The highest BCUT2D eigenvalue weighted by Crippen LogP contribution is 2.34. The summed E-state index contributed by atoms with van der Waals surface area (Å²) >= 11 is 0. The molecule has 2 heteroatoms. The third kappa shape index (κ3) is 3.25. The molecule has 1 aliphatic heterocycles. The van der Waals surface area contributed by atoms with E-state index in [1.165, 1.54) is 12.8 Å². The van der Waals surface area contributed by atoms with Crippen molar-refractivity contribution in [2.75, 3.05) is 6.61 Å². The summed E-state index contributed by atoms with van der Waals surface area (Å²) in [6.45, 7) is 9.49. The van der Waals surface area contributed by atoms with E-state index in [-0.39, 0.29) is 11.1 Å². The van der Waals surface area contributed by atoms with Gasteiger partial charge in [-0.1, -0.05) is 6.92 Å². The molecule has 0 amide bonds. The monoisotopic (exact) mass is 199 g/mol. The van der Waals surface area contributed by atoms with Crippen LogP contribution in [0.2, 0.25) is 0 Å². The molecule has 2 nitrogen and oxygen atoms in total. The Morgan fingerprint density at radius 1 is 1.29 bits per heavy atom. The first-order valence-corrected chi connectivity index (χ1v) is 5.77. The molecule has 1 saturated heterocycles. The Balaban J connectivity index is 2.59. The summed E-state index contributed by atoms with van der Waals surface area (Å²) < 4.78 is 0. The van der Waals surface area contributed by atoms with Crippen LogP contribution < -0.4 is 5.32 Å². The van der Waals surface area contributed by atoms with E-state index in [9.17, 15) is 0 Å². The Bertz CT molecular complexity index is 191. The summed E-state index contributed by atoms with van der Waals surface area (Å²) in [5.74, 6) is 0.787. The van der Waals surface area contributed by atoms with Crippen LogP contribution in [0.5, 0.6) is 0 Å². The van der Waals surface area contributed by atoms with Crippen LogP contribution in [0.4, 0.5) is 0 Å². The second kappa shape index (κ2) is 4.19. The van der Waals surface area contributed by atoms with Crippen molar-refractivity contribution in [3.8, 4) is 0 Å². The Labute approximate surface area is 88.1 Å². The number of aliphatic hydroxyl groups excluding tert-OH is 1. The minimum atomic E-state index is 0.226. The van der Waals surface area contributed by atoms with Gasteiger partial charge in [0, 0.05) is 17.7 Å². The molecule has 0 aromatic carbocycles. The summed E-state index contributed by atoms with van der Waals surface area (Å²) in [5, 5.41) is 12.6. The van der Waals surface area contributed by atoms with Crippen molar-refractivity contribution in [2.45, 2.75) is 64.5 Å². The predicted octanol–water partition coefficient (Wildman–Crippen LogP) is 2.32. The number of aliphatic hydroxyl groups is 1. The predicted molar refractivity (Wildman–Crippen MR) is 60.3 cm³/mol. The third-order valence-corrected chi connectivity index (χ3v) is 3.18. The molecule has 0 saturated carbocycles. The van der Waals surface area contributed by atoms with Crippen LogP contribution >= 0.6 is 0 Å². The largest absolute Gasteiger partial charge is 0.396 e. The van der Waals surface area contributed by atoms with Gasteiger partial charge in [-0.25, -0.2) is 0 Å². The molecule has 0 aromatic heterocycles. The van der Waals surface area contributed by atoms with Crippen molar-refractivity contribution in [3.05, 3.63) is 0 Å². The van der Waals surface area contributed by atoms with E-state index in [4.69, 9.17) is 5.11 Å². The van der Waals surface area contributed by atoms with Gasteiger partial charge in [-0.05, 0) is 52.4 Å². The Kier molecular flexibility index (Phi) is 3.59. The minimum Gasteiger partial charge on any atom is -0.396 e. The van der Waals surface area contributed by atoms with Gasteiger partial charge in [0.05, 0.1) is 0 Å². The van der Waals surface area contributed by atoms with Crippen LogP contribution in [0.25, 0.3) is 0 Å². The average Bonchev–Trinajstić information content (AvgIpc) is 1.96. The van der Waals surface area contributed by atoms with E-state index in [0.29, 0.717) is 6.61 Å². The molecule has 14 heavy (non-hydrogen) atoms. The van der Waals surface area contributed by atoms with Crippen molar-refractivity contribution in [1.29, 1.82) is 0 Å². The Morgan fingerprint density at radius 2 is 1.93 bits per heavy atom. The van der Waals surface area contributed by atoms with Crippen LogP contribution in [-0.2, 0) is 0 Å². The van der Waals surface area contributed by atoms with Gasteiger partial charge in [0.15, 0.2) is 0 Å². The SMILES string of the molecule is CC1CC(C)(C)NC(C)(CCCO)C1.